The first-order valence-corrected chi connectivity index (χ1v) is 11.5. The summed E-state index contributed by atoms with van der Waals surface area (Å²) in [6.45, 7) is 7.23. The first-order chi connectivity index (χ1) is 14.9. The molecule has 0 unspecified atom stereocenters. The van der Waals surface area contributed by atoms with E-state index < -0.39 is 0 Å². The predicted molar refractivity (Wildman–Crippen MR) is 135 cm³/mol. The van der Waals surface area contributed by atoms with E-state index >= 15 is 0 Å². The zero-order chi connectivity index (χ0) is 22.0. The van der Waals surface area contributed by atoms with Gasteiger partial charge in [-0.25, -0.2) is 0 Å². The van der Waals surface area contributed by atoms with Gasteiger partial charge in [0.05, 0.1) is 13.1 Å². The molecule has 4 aromatic rings. The average molecular weight is 448 g/mol. The van der Waals surface area contributed by atoms with E-state index in [0.717, 1.165) is 27.7 Å². The number of benzene rings is 2. The van der Waals surface area contributed by atoms with E-state index in [4.69, 9.17) is 12.2 Å². The zero-order valence-corrected chi connectivity index (χ0v) is 19.5. The van der Waals surface area contributed by atoms with Crippen LogP contribution in [0.2, 0.25) is 0 Å². The predicted octanol–water partition coefficient (Wildman–Crippen LogP) is 5.91. The summed E-state index contributed by atoms with van der Waals surface area (Å²) >= 11 is 7.44. The molecule has 0 saturated carbocycles. The topological polar surface area (TPSA) is 48.1 Å². The Bertz CT molecular complexity index is 1270. The van der Waals surface area contributed by atoms with Crippen LogP contribution in [-0.4, -0.2) is 15.0 Å². The number of fused-ring (bicyclic) bond motifs is 1. The van der Waals surface area contributed by atoms with Crippen LogP contribution >= 0.6 is 23.6 Å². The van der Waals surface area contributed by atoms with Gasteiger partial charge in [-0.2, -0.15) is 0 Å². The summed E-state index contributed by atoms with van der Waals surface area (Å²) in [6, 6.07) is 18.4. The van der Waals surface area contributed by atoms with Gasteiger partial charge >= 0.3 is 0 Å². The van der Waals surface area contributed by atoms with Gasteiger partial charge in [0.25, 0.3) is 5.56 Å². The molecule has 2 aromatic heterocycles. The van der Waals surface area contributed by atoms with Crippen LogP contribution in [0.25, 0.3) is 10.9 Å². The Hall–Kier alpha value is -2.96. The van der Waals surface area contributed by atoms with Crippen molar-refractivity contribution in [2.75, 3.05) is 5.32 Å². The fraction of sp³-hybridized carbons (Fsp3) is 0.200. The highest BCUT2D eigenvalue weighted by molar-refractivity contribution is 7.80. The average Bonchev–Trinajstić information content (AvgIpc) is 3.23. The Morgan fingerprint density at radius 1 is 1.03 bits per heavy atom. The third-order valence-corrected chi connectivity index (χ3v) is 6.49. The van der Waals surface area contributed by atoms with Crippen molar-refractivity contribution in [2.45, 2.75) is 33.9 Å². The van der Waals surface area contributed by atoms with Crippen LogP contribution in [0, 0.1) is 20.8 Å². The minimum absolute atomic E-state index is 0.0770. The van der Waals surface area contributed by atoms with Crippen molar-refractivity contribution in [3.8, 4) is 0 Å². The smallest absolute Gasteiger partial charge is 0.253 e. The molecular formula is C25H25N3OS2. The molecular weight excluding hydrogens is 422 g/mol. The number of hydrogen-bond donors (Lipinski definition) is 2. The second kappa shape index (κ2) is 9.04. The molecule has 0 amide bonds. The van der Waals surface area contributed by atoms with Gasteiger partial charge in [-0.3, -0.25) is 4.79 Å². The van der Waals surface area contributed by atoms with Gasteiger partial charge in [0.1, 0.15) is 0 Å². The van der Waals surface area contributed by atoms with Gasteiger partial charge in [-0.1, -0.05) is 29.8 Å². The lowest BCUT2D eigenvalue weighted by Gasteiger charge is -2.25. The van der Waals surface area contributed by atoms with Crippen molar-refractivity contribution < 1.29 is 0 Å². The lowest BCUT2D eigenvalue weighted by atomic mass is 10.0. The fourth-order valence-corrected chi connectivity index (χ4v) is 4.64. The summed E-state index contributed by atoms with van der Waals surface area (Å²) in [5, 5.41) is 7.04. The molecule has 158 valence electrons. The Kier molecular flexibility index (Phi) is 6.20. The van der Waals surface area contributed by atoms with Gasteiger partial charge in [0.2, 0.25) is 0 Å². The van der Waals surface area contributed by atoms with E-state index in [1.807, 2.05) is 54.3 Å². The molecule has 31 heavy (non-hydrogen) atoms. The van der Waals surface area contributed by atoms with Gasteiger partial charge in [0.15, 0.2) is 5.11 Å². The van der Waals surface area contributed by atoms with Gasteiger partial charge < -0.3 is 15.2 Å². The van der Waals surface area contributed by atoms with Crippen molar-refractivity contribution in [1.82, 2.24) is 9.88 Å². The summed E-state index contributed by atoms with van der Waals surface area (Å²) < 4.78 is 0. The fourth-order valence-electron chi connectivity index (χ4n) is 3.67. The maximum Gasteiger partial charge on any atom is 0.253 e. The number of thiophene rings is 1. The van der Waals surface area contributed by atoms with Crippen LogP contribution in [-0.2, 0) is 13.1 Å². The summed E-state index contributed by atoms with van der Waals surface area (Å²) in [6.07, 6.45) is 0. The molecule has 2 heterocycles. The van der Waals surface area contributed by atoms with Crippen molar-refractivity contribution in [1.29, 1.82) is 0 Å². The number of anilines is 1. The Balaban J connectivity index is 1.65. The van der Waals surface area contributed by atoms with E-state index in [9.17, 15) is 4.79 Å². The lowest BCUT2D eigenvalue weighted by Crippen LogP contribution is -2.35. The molecule has 2 aromatic carbocycles. The largest absolute Gasteiger partial charge is 0.339 e. The maximum absolute atomic E-state index is 12.9. The second-order valence-electron chi connectivity index (χ2n) is 7.90. The molecule has 0 bridgehead atoms. The highest BCUT2D eigenvalue weighted by Crippen LogP contribution is 2.21. The molecule has 0 aliphatic rings. The minimum atomic E-state index is -0.0770. The highest BCUT2D eigenvalue weighted by atomic mass is 32.1. The van der Waals surface area contributed by atoms with Crippen LogP contribution in [0.3, 0.4) is 0 Å². The Labute approximate surface area is 191 Å². The Morgan fingerprint density at radius 3 is 2.52 bits per heavy atom. The zero-order valence-electron chi connectivity index (χ0n) is 17.9. The summed E-state index contributed by atoms with van der Waals surface area (Å²) in [5.74, 6) is 0. The van der Waals surface area contributed by atoms with Crippen LogP contribution in [0.15, 0.2) is 64.8 Å². The number of pyridine rings is 1. The first-order valence-electron chi connectivity index (χ1n) is 10.2. The number of nitrogens with one attached hydrogen (secondary N) is 2. The number of aryl methyl sites for hydroxylation is 3. The summed E-state index contributed by atoms with van der Waals surface area (Å²) in [7, 11) is 0. The monoisotopic (exact) mass is 447 g/mol. The van der Waals surface area contributed by atoms with Crippen LogP contribution in [0.1, 0.15) is 27.1 Å². The van der Waals surface area contributed by atoms with Gasteiger partial charge in [-0.15, -0.1) is 11.3 Å². The minimum Gasteiger partial charge on any atom is -0.339 e. The molecule has 0 atom stereocenters. The maximum atomic E-state index is 12.9. The van der Waals surface area contributed by atoms with E-state index in [1.165, 1.54) is 10.4 Å². The Morgan fingerprint density at radius 2 is 1.81 bits per heavy atom. The molecule has 0 saturated heterocycles. The van der Waals surface area contributed by atoms with E-state index in [1.54, 1.807) is 11.3 Å². The molecule has 0 radical (unpaired) electrons. The summed E-state index contributed by atoms with van der Waals surface area (Å²) in [5.41, 5.74) is 5.91. The van der Waals surface area contributed by atoms with Crippen LogP contribution in [0.5, 0.6) is 0 Å². The van der Waals surface area contributed by atoms with Crippen molar-refractivity contribution in [3.63, 3.8) is 0 Å². The van der Waals surface area contributed by atoms with Gasteiger partial charge in [0, 0.05) is 27.0 Å². The molecule has 0 aliphatic heterocycles. The van der Waals surface area contributed by atoms with Crippen molar-refractivity contribution in [2.24, 2.45) is 0 Å². The number of thiocarbonyl (C=S) groups is 1. The number of hydrogen-bond acceptors (Lipinski definition) is 3. The third-order valence-electron chi connectivity index (χ3n) is 5.27. The number of nitrogens with zero attached hydrogens (tertiary/aromatic N) is 1. The van der Waals surface area contributed by atoms with E-state index in [0.29, 0.717) is 23.8 Å². The van der Waals surface area contributed by atoms with Crippen LogP contribution in [0.4, 0.5) is 5.69 Å². The molecule has 0 spiro atoms. The number of rotatable bonds is 5. The number of aromatic amines is 1. The van der Waals surface area contributed by atoms with Crippen molar-refractivity contribution in [3.05, 3.63) is 97.5 Å². The highest BCUT2D eigenvalue weighted by Gasteiger charge is 2.15. The second-order valence-corrected chi connectivity index (χ2v) is 9.32. The summed E-state index contributed by atoms with van der Waals surface area (Å²) in [4.78, 5) is 19.2. The van der Waals surface area contributed by atoms with E-state index in [-0.39, 0.29) is 5.56 Å². The molecule has 6 heteroatoms. The molecule has 2 N–H and O–H groups in total. The molecule has 4 rings (SSSR count). The number of H-pyrrole nitrogens is 1. The number of aromatic nitrogens is 1. The standard InChI is InChI=1S/C25H25N3OS2/c1-16-6-8-20(9-7-16)26-25(30)28(15-21-5-4-10-31-21)14-19-13-22-18(3)11-17(2)12-23(22)27-24(19)29/h4-13H,14-15H2,1-3H3,(H,26,30)(H,27,29). The quantitative estimate of drug-likeness (QED) is 0.373. The molecule has 4 nitrogen and oxygen atoms in total. The molecule has 0 aliphatic carbocycles. The normalized spacial score (nSPS) is 10.9. The van der Waals surface area contributed by atoms with Gasteiger partial charge in [-0.05, 0) is 79.8 Å². The third kappa shape index (κ3) is 5.03. The van der Waals surface area contributed by atoms with E-state index in [2.05, 4.69) is 41.7 Å². The SMILES string of the molecule is Cc1ccc(NC(=S)N(Cc2cccs2)Cc2cc3c(C)cc(C)cc3[nH]c2=O)cc1. The first kappa shape index (κ1) is 21.3. The molecule has 0 fully saturated rings. The lowest BCUT2D eigenvalue weighted by molar-refractivity contribution is 0.415. The van der Waals surface area contributed by atoms with Crippen molar-refractivity contribution >= 4 is 45.3 Å². The van der Waals surface area contributed by atoms with Crippen LogP contribution < -0.4 is 10.9 Å².